The van der Waals surface area contributed by atoms with Crippen LogP contribution in [-0.2, 0) is 27.1 Å². The van der Waals surface area contributed by atoms with Crippen molar-refractivity contribution in [3.8, 4) is 11.5 Å². The second kappa shape index (κ2) is 10.1. The predicted molar refractivity (Wildman–Crippen MR) is 114 cm³/mol. The van der Waals surface area contributed by atoms with Gasteiger partial charge in [0.2, 0.25) is 0 Å². The molecule has 0 radical (unpaired) electrons. The number of amides is 1. The van der Waals surface area contributed by atoms with Crippen LogP contribution in [0.25, 0.3) is 0 Å². The molecular weight excluding hydrogens is 443 g/mol. The molecule has 0 aliphatic rings. The van der Waals surface area contributed by atoms with Crippen molar-refractivity contribution in [2.75, 3.05) is 25.7 Å². The zero-order chi connectivity index (χ0) is 25.0. The van der Waals surface area contributed by atoms with Gasteiger partial charge in [0, 0.05) is 25.4 Å². The number of phenolic OH excluding ortho intramolecular Hbond substituents is 1. The van der Waals surface area contributed by atoms with Crippen LogP contribution in [-0.4, -0.2) is 43.3 Å². The van der Waals surface area contributed by atoms with Crippen LogP contribution < -0.4 is 9.64 Å². The second-order valence-electron chi connectivity index (χ2n) is 8.16. The maximum Gasteiger partial charge on any atom is 0.419 e. The third-order valence-electron chi connectivity index (χ3n) is 4.43. The molecule has 0 bridgehead atoms. The van der Waals surface area contributed by atoms with Crippen LogP contribution in [0.4, 0.5) is 18.9 Å². The number of phenols is 1. The Kier molecular flexibility index (Phi) is 7.97. The molecule has 0 heterocycles. The minimum atomic E-state index is -4.86. The zero-order valence-corrected chi connectivity index (χ0v) is 18.9. The molecule has 10 heteroatoms. The van der Waals surface area contributed by atoms with E-state index in [4.69, 9.17) is 14.2 Å². The second-order valence-corrected chi connectivity index (χ2v) is 8.16. The summed E-state index contributed by atoms with van der Waals surface area (Å²) in [5, 5.41) is 10.2. The Morgan fingerprint density at radius 1 is 1.03 bits per heavy atom. The molecule has 7 nitrogen and oxygen atoms in total. The van der Waals surface area contributed by atoms with Gasteiger partial charge in [-0.1, -0.05) is 6.07 Å². The summed E-state index contributed by atoms with van der Waals surface area (Å²) in [6, 6.07) is 8.09. The van der Waals surface area contributed by atoms with Crippen LogP contribution in [0.1, 0.15) is 42.3 Å². The summed E-state index contributed by atoms with van der Waals surface area (Å²) in [6.07, 6.45) is -4.86. The number of methoxy groups -OCH3 is 1. The summed E-state index contributed by atoms with van der Waals surface area (Å²) in [7, 11) is 2.99. The first kappa shape index (κ1) is 26.0. The first-order valence-electron chi connectivity index (χ1n) is 9.88. The number of likely N-dealkylation sites (N-methyl/N-ethyl adjacent to an activating group) is 1. The fraction of sp³-hybridized carbons (Fsp3) is 0.391. The molecule has 0 unspecified atom stereocenters. The Morgan fingerprint density at radius 2 is 1.64 bits per heavy atom. The normalized spacial score (nSPS) is 11.8. The Labute approximate surface area is 189 Å². The summed E-state index contributed by atoms with van der Waals surface area (Å²) in [5.74, 6) is -2.24. The highest BCUT2D eigenvalue weighted by Gasteiger charge is 2.37. The molecule has 1 amide bonds. The van der Waals surface area contributed by atoms with Gasteiger partial charge in [-0.25, -0.2) is 4.79 Å². The molecule has 0 atom stereocenters. The van der Waals surface area contributed by atoms with Crippen LogP contribution in [0.2, 0.25) is 0 Å². The number of anilines is 1. The SMILES string of the molecule is COCC(=O)N(C)c1ccc(OCc2ccc(C(F)(F)F)c(O)c2C(=O)OC(C)(C)C)cc1. The van der Waals surface area contributed by atoms with E-state index in [-0.39, 0.29) is 24.7 Å². The molecule has 0 aliphatic heterocycles. The van der Waals surface area contributed by atoms with Crippen molar-refractivity contribution >= 4 is 17.6 Å². The van der Waals surface area contributed by atoms with E-state index in [1.807, 2.05) is 0 Å². The Morgan fingerprint density at radius 3 is 2.15 bits per heavy atom. The minimum Gasteiger partial charge on any atom is -0.506 e. The van der Waals surface area contributed by atoms with E-state index in [0.29, 0.717) is 17.5 Å². The number of esters is 1. The molecule has 2 aromatic carbocycles. The van der Waals surface area contributed by atoms with Crippen LogP contribution in [0.5, 0.6) is 11.5 Å². The molecule has 2 rings (SSSR count). The number of rotatable bonds is 7. The maximum absolute atomic E-state index is 13.2. The molecule has 0 saturated carbocycles. The number of ether oxygens (including phenoxy) is 3. The fourth-order valence-corrected chi connectivity index (χ4v) is 2.83. The van der Waals surface area contributed by atoms with Gasteiger partial charge in [0.25, 0.3) is 5.91 Å². The molecule has 0 fully saturated rings. The van der Waals surface area contributed by atoms with Gasteiger partial charge in [0.05, 0.1) is 5.56 Å². The van der Waals surface area contributed by atoms with Crippen molar-refractivity contribution in [1.29, 1.82) is 0 Å². The summed E-state index contributed by atoms with van der Waals surface area (Å²) in [6.45, 7) is 4.28. The highest BCUT2D eigenvalue weighted by molar-refractivity contribution is 5.95. The molecule has 2 aromatic rings. The first-order valence-corrected chi connectivity index (χ1v) is 9.88. The molecule has 0 saturated heterocycles. The lowest BCUT2D eigenvalue weighted by molar-refractivity contribution is -0.138. The van der Waals surface area contributed by atoms with Crippen molar-refractivity contribution in [3.05, 3.63) is 53.1 Å². The Hall–Kier alpha value is -3.27. The zero-order valence-electron chi connectivity index (χ0n) is 18.9. The third-order valence-corrected chi connectivity index (χ3v) is 4.43. The quantitative estimate of drug-likeness (QED) is 0.599. The van der Waals surface area contributed by atoms with Crippen LogP contribution >= 0.6 is 0 Å². The molecular formula is C23H26F3NO6. The average Bonchev–Trinajstić information content (AvgIpc) is 2.69. The number of carbonyl (C=O) groups excluding carboxylic acids is 2. The van der Waals surface area contributed by atoms with Gasteiger partial charge in [-0.05, 0) is 51.1 Å². The Bertz CT molecular complexity index is 997. The molecule has 0 spiro atoms. The number of nitrogens with zero attached hydrogens (tertiary/aromatic N) is 1. The van der Waals surface area contributed by atoms with Gasteiger partial charge in [-0.2, -0.15) is 13.2 Å². The number of alkyl halides is 3. The number of hydrogen-bond acceptors (Lipinski definition) is 6. The van der Waals surface area contributed by atoms with Gasteiger partial charge in [-0.15, -0.1) is 0 Å². The van der Waals surface area contributed by atoms with E-state index in [2.05, 4.69) is 0 Å². The van der Waals surface area contributed by atoms with Crippen molar-refractivity contribution in [3.63, 3.8) is 0 Å². The van der Waals surface area contributed by atoms with E-state index in [9.17, 15) is 27.9 Å². The van der Waals surface area contributed by atoms with Gasteiger partial charge in [-0.3, -0.25) is 4.79 Å². The van der Waals surface area contributed by atoms with Gasteiger partial charge < -0.3 is 24.2 Å². The van der Waals surface area contributed by atoms with Gasteiger partial charge >= 0.3 is 12.1 Å². The number of benzene rings is 2. The van der Waals surface area contributed by atoms with Crippen molar-refractivity contribution in [2.45, 2.75) is 39.2 Å². The Balaban J connectivity index is 2.29. The van der Waals surface area contributed by atoms with Crippen molar-refractivity contribution in [1.82, 2.24) is 0 Å². The van der Waals surface area contributed by atoms with Crippen LogP contribution in [0.15, 0.2) is 36.4 Å². The maximum atomic E-state index is 13.2. The predicted octanol–water partition coefficient (Wildman–Crippen LogP) is 4.55. The lowest BCUT2D eigenvalue weighted by atomic mass is 10.0. The largest absolute Gasteiger partial charge is 0.506 e. The summed E-state index contributed by atoms with van der Waals surface area (Å²) in [5.41, 5.74) is -2.35. The van der Waals surface area contributed by atoms with E-state index in [1.165, 1.54) is 12.0 Å². The van der Waals surface area contributed by atoms with E-state index in [1.54, 1.807) is 52.1 Å². The summed E-state index contributed by atoms with van der Waals surface area (Å²) < 4.78 is 55.3. The third kappa shape index (κ3) is 6.85. The van der Waals surface area contributed by atoms with Gasteiger partial charge in [0.1, 0.15) is 35.9 Å². The topological polar surface area (TPSA) is 85.3 Å². The van der Waals surface area contributed by atoms with E-state index in [0.717, 1.165) is 6.07 Å². The first-order chi connectivity index (χ1) is 15.2. The number of halogens is 3. The standard InChI is InChI=1S/C23H26F3NO6/c1-22(2,3)33-21(30)19-14(6-11-17(20(19)29)23(24,25)26)12-32-16-9-7-15(8-10-16)27(4)18(28)13-31-5/h6-11,29H,12-13H2,1-5H3. The average molecular weight is 469 g/mol. The van der Waals surface area contributed by atoms with Crippen LogP contribution in [0, 0.1) is 0 Å². The highest BCUT2D eigenvalue weighted by atomic mass is 19.4. The molecule has 0 aromatic heterocycles. The fourth-order valence-electron chi connectivity index (χ4n) is 2.83. The number of carbonyl (C=O) groups is 2. The molecule has 0 aliphatic carbocycles. The van der Waals surface area contributed by atoms with Crippen molar-refractivity contribution < 1.29 is 42.1 Å². The lowest BCUT2D eigenvalue weighted by Crippen LogP contribution is -2.29. The monoisotopic (exact) mass is 469 g/mol. The van der Waals surface area contributed by atoms with Crippen molar-refractivity contribution in [2.24, 2.45) is 0 Å². The highest BCUT2D eigenvalue weighted by Crippen LogP contribution is 2.39. The van der Waals surface area contributed by atoms with Crippen LogP contribution in [0.3, 0.4) is 0 Å². The number of aromatic hydroxyl groups is 1. The van der Waals surface area contributed by atoms with E-state index < -0.39 is 34.6 Å². The lowest BCUT2D eigenvalue weighted by Gasteiger charge is -2.22. The van der Waals surface area contributed by atoms with E-state index >= 15 is 0 Å². The summed E-state index contributed by atoms with van der Waals surface area (Å²) >= 11 is 0. The smallest absolute Gasteiger partial charge is 0.419 e. The minimum absolute atomic E-state index is 0.0196. The molecule has 180 valence electrons. The van der Waals surface area contributed by atoms with Gasteiger partial charge in [0.15, 0.2) is 0 Å². The molecule has 1 N–H and O–H groups in total. The number of hydrogen-bond donors (Lipinski definition) is 1. The summed E-state index contributed by atoms with van der Waals surface area (Å²) in [4.78, 5) is 25.9. The molecule has 33 heavy (non-hydrogen) atoms.